The first-order valence-electron chi connectivity index (χ1n) is 6.71. The Labute approximate surface area is 126 Å². The Morgan fingerprint density at radius 3 is 2.95 bits per heavy atom. The topological polar surface area (TPSA) is 112 Å². The van der Waals surface area contributed by atoms with Crippen LogP contribution in [0, 0.1) is 10.1 Å². The molecule has 1 fully saturated rings. The molecule has 1 heterocycles. The minimum atomic E-state index is -0.692. The van der Waals surface area contributed by atoms with Crippen LogP contribution in [0.25, 0.3) is 0 Å². The van der Waals surface area contributed by atoms with E-state index in [-0.39, 0.29) is 17.5 Å². The average molecular weight is 311 g/mol. The fraction of sp³-hybridized carbons (Fsp3) is 0.462. The van der Waals surface area contributed by atoms with Crippen molar-refractivity contribution in [3.8, 4) is 5.75 Å². The summed E-state index contributed by atoms with van der Waals surface area (Å²) >= 11 is 0. The predicted octanol–water partition coefficient (Wildman–Crippen LogP) is 1.14. The first-order valence-corrected chi connectivity index (χ1v) is 6.71. The first-order chi connectivity index (χ1) is 10.6. The molecule has 1 aromatic carbocycles. The summed E-state index contributed by atoms with van der Waals surface area (Å²) in [6, 6.07) is 4.15. The van der Waals surface area contributed by atoms with Crippen molar-refractivity contribution in [3.05, 3.63) is 28.3 Å². The van der Waals surface area contributed by atoms with Gasteiger partial charge in [0.25, 0.3) is 5.69 Å². The highest BCUT2D eigenvalue weighted by Crippen LogP contribution is 2.29. The van der Waals surface area contributed by atoms with Gasteiger partial charge in [0.1, 0.15) is 11.4 Å². The van der Waals surface area contributed by atoms with E-state index in [0.717, 1.165) is 0 Å². The summed E-state index contributed by atoms with van der Waals surface area (Å²) in [5, 5.41) is 16.4. The van der Waals surface area contributed by atoms with Crippen LogP contribution >= 0.6 is 0 Å². The second-order valence-electron chi connectivity index (χ2n) is 4.52. The summed E-state index contributed by atoms with van der Waals surface area (Å²) in [5.74, 6) is 0.0915. The Morgan fingerprint density at radius 2 is 2.32 bits per heavy atom. The molecule has 1 atom stereocenters. The third-order valence-corrected chi connectivity index (χ3v) is 2.99. The number of nitro groups is 1. The van der Waals surface area contributed by atoms with E-state index in [4.69, 9.17) is 14.2 Å². The number of hydrogen-bond acceptors (Lipinski definition) is 7. The Hall–Kier alpha value is -2.39. The standard InChI is InChI=1S/C13H17N3O6/c1-14-13(17)22-9-2-3-11(12(6-9)16(18)19)15-7-10-8-20-4-5-21-10/h2-3,6,10,15H,4-5,7-8H2,1H3,(H,14,17). The quantitative estimate of drug-likeness (QED) is 0.619. The van der Waals surface area contributed by atoms with Gasteiger partial charge in [0, 0.05) is 13.6 Å². The number of nitrogens with zero attached hydrogens (tertiary/aromatic N) is 1. The molecule has 120 valence electrons. The highest BCUT2D eigenvalue weighted by Gasteiger charge is 2.19. The van der Waals surface area contributed by atoms with Crippen LogP contribution in [-0.2, 0) is 9.47 Å². The number of nitro benzene ring substituents is 1. The Kier molecular flexibility index (Phi) is 5.50. The SMILES string of the molecule is CNC(=O)Oc1ccc(NCC2COCCO2)c([N+](=O)[O-])c1. The number of carbonyl (C=O) groups is 1. The Morgan fingerprint density at radius 1 is 1.50 bits per heavy atom. The van der Waals surface area contributed by atoms with E-state index in [2.05, 4.69) is 10.6 Å². The molecule has 1 aliphatic heterocycles. The van der Waals surface area contributed by atoms with E-state index in [9.17, 15) is 14.9 Å². The van der Waals surface area contributed by atoms with E-state index in [0.29, 0.717) is 32.1 Å². The van der Waals surface area contributed by atoms with Crippen LogP contribution in [0.1, 0.15) is 0 Å². The van der Waals surface area contributed by atoms with Crippen molar-refractivity contribution in [3.63, 3.8) is 0 Å². The van der Waals surface area contributed by atoms with Crippen LogP contribution < -0.4 is 15.4 Å². The van der Waals surface area contributed by atoms with Gasteiger partial charge in [-0.15, -0.1) is 0 Å². The molecule has 0 spiro atoms. The molecule has 1 amide bonds. The van der Waals surface area contributed by atoms with E-state index < -0.39 is 11.0 Å². The molecule has 2 N–H and O–H groups in total. The predicted molar refractivity (Wildman–Crippen MR) is 77.2 cm³/mol. The maximum absolute atomic E-state index is 11.1. The number of hydrogen-bond donors (Lipinski definition) is 2. The van der Waals surface area contributed by atoms with E-state index >= 15 is 0 Å². The van der Waals surface area contributed by atoms with E-state index in [1.165, 1.54) is 25.2 Å². The number of ether oxygens (including phenoxy) is 3. The first kappa shape index (κ1) is 16.0. The molecule has 9 heteroatoms. The van der Waals surface area contributed by atoms with Gasteiger partial charge in [-0.3, -0.25) is 10.1 Å². The molecular formula is C13H17N3O6. The zero-order chi connectivity index (χ0) is 15.9. The van der Waals surface area contributed by atoms with Crippen molar-refractivity contribution >= 4 is 17.5 Å². The highest BCUT2D eigenvalue weighted by molar-refractivity contribution is 5.72. The summed E-state index contributed by atoms with van der Waals surface area (Å²) in [7, 11) is 1.40. The summed E-state index contributed by atoms with van der Waals surface area (Å²) < 4.78 is 15.6. The zero-order valence-corrected chi connectivity index (χ0v) is 12.0. The largest absolute Gasteiger partial charge is 0.412 e. The smallest absolute Gasteiger partial charge is 0.410 e. The van der Waals surface area contributed by atoms with Crippen molar-refractivity contribution < 1.29 is 23.9 Å². The van der Waals surface area contributed by atoms with Crippen LogP contribution in [0.4, 0.5) is 16.2 Å². The lowest BCUT2D eigenvalue weighted by atomic mass is 10.2. The van der Waals surface area contributed by atoms with Gasteiger partial charge >= 0.3 is 6.09 Å². The summed E-state index contributed by atoms with van der Waals surface area (Å²) in [6.07, 6.45) is -0.849. The number of amides is 1. The van der Waals surface area contributed by atoms with Gasteiger partial charge in [0.15, 0.2) is 0 Å². The summed E-state index contributed by atoms with van der Waals surface area (Å²) in [5.41, 5.74) is 0.140. The zero-order valence-electron chi connectivity index (χ0n) is 12.0. The Bertz CT molecular complexity index is 545. The molecular weight excluding hydrogens is 294 g/mol. The number of anilines is 1. The van der Waals surface area contributed by atoms with Crippen LogP contribution in [0.2, 0.25) is 0 Å². The molecule has 22 heavy (non-hydrogen) atoms. The van der Waals surface area contributed by atoms with Crippen molar-refractivity contribution in [1.29, 1.82) is 0 Å². The maximum Gasteiger partial charge on any atom is 0.412 e. The second kappa shape index (κ2) is 7.57. The molecule has 0 aliphatic carbocycles. The van der Waals surface area contributed by atoms with Gasteiger partial charge < -0.3 is 24.8 Å². The minimum absolute atomic E-state index is 0.0915. The Balaban J connectivity index is 2.05. The molecule has 0 bridgehead atoms. The van der Waals surface area contributed by atoms with Crippen LogP contribution in [0.15, 0.2) is 18.2 Å². The van der Waals surface area contributed by atoms with Gasteiger partial charge in [-0.1, -0.05) is 0 Å². The number of nitrogens with one attached hydrogen (secondary N) is 2. The molecule has 9 nitrogen and oxygen atoms in total. The molecule has 1 aromatic rings. The molecule has 2 rings (SSSR count). The fourth-order valence-electron chi connectivity index (χ4n) is 1.91. The van der Waals surface area contributed by atoms with Crippen molar-refractivity contribution in [2.24, 2.45) is 0 Å². The van der Waals surface area contributed by atoms with Gasteiger partial charge in [0.05, 0.1) is 36.9 Å². The molecule has 0 saturated carbocycles. The lowest BCUT2D eigenvalue weighted by Crippen LogP contribution is -2.34. The third kappa shape index (κ3) is 4.30. The molecule has 1 aliphatic rings. The maximum atomic E-state index is 11.1. The number of rotatable bonds is 5. The van der Waals surface area contributed by atoms with Crippen LogP contribution in [0.5, 0.6) is 5.75 Å². The van der Waals surface area contributed by atoms with Crippen molar-refractivity contribution in [2.45, 2.75) is 6.10 Å². The summed E-state index contributed by atoms with van der Waals surface area (Å²) in [6.45, 7) is 1.89. The lowest BCUT2D eigenvalue weighted by molar-refractivity contribution is -0.384. The summed E-state index contributed by atoms with van der Waals surface area (Å²) in [4.78, 5) is 21.7. The average Bonchev–Trinajstić information content (AvgIpc) is 2.54. The minimum Gasteiger partial charge on any atom is -0.410 e. The highest BCUT2D eigenvalue weighted by atomic mass is 16.6. The van der Waals surface area contributed by atoms with E-state index in [1.54, 1.807) is 0 Å². The van der Waals surface area contributed by atoms with Crippen LogP contribution in [-0.4, -0.2) is 50.5 Å². The number of benzene rings is 1. The van der Waals surface area contributed by atoms with Gasteiger partial charge in [-0.2, -0.15) is 0 Å². The van der Waals surface area contributed by atoms with Gasteiger partial charge in [0.2, 0.25) is 0 Å². The van der Waals surface area contributed by atoms with Gasteiger partial charge in [-0.25, -0.2) is 4.79 Å². The lowest BCUT2D eigenvalue weighted by Gasteiger charge is -2.23. The van der Waals surface area contributed by atoms with E-state index in [1.807, 2.05) is 0 Å². The molecule has 0 radical (unpaired) electrons. The van der Waals surface area contributed by atoms with Crippen LogP contribution in [0.3, 0.4) is 0 Å². The molecule has 1 unspecified atom stereocenters. The molecule has 1 saturated heterocycles. The monoisotopic (exact) mass is 311 g/mol. The third-order valence-electron chi connectivity index (χ3n) is 2.99. The number of carbonyl (C=O) groups excluding carboxylic acids is 1. The van der Waals surface area contributed by atoms with Crippen molar-refractivity contribution in [2.75, 3.05) is 38.7 Å². The second-order valence-corrected chi connectivity index (χ2v) is 4.52. The normalized spacial score (nSPS) is 17.6. The van der Waals surface area contributed by atoms with Gasteiger partial charge in [-0.05, 0) is 12.1 Å². The van der Waals surface area contributed by atoms with Crippen molar-refractivity contribution in [1.82, 2.24) is 5.32 Å². The molecule has 0 aromatic heterocycles. The fourth-order valence-corrected chi connectivity index (χ4v) is 1.91.